The number of amides is 1. The van der Waals surface area contributed by atoms with Crippen molar-refractivity contribution in [3.05, 3.63) is 30.1 Å². The van der Waals surface area contributed by atoms with E-state index in [-0.39, 0.29) is 18.3 Å². The number of likely N-dealkylation sites (tertiary alicyclic amines) is 1. The van der Waals surface area contributed by atoms with Crippen molar-refractivity contribution in [1.82, 2.24) is 15.5 Å². The molecule has 0 saturated carbocycles. The predicted molar refractivity (Wildman–Crippen MR) is 101 cm³/mol. The largest absolute Gasteiger partial charge is 0.494 e. The summed E-state index contributed by atoms with van der Waals surface area (Å²) in [5, 5.41) is 6.39. The number of guanidine groups is 1. The zero-order valence-electron chi connectivity index (χ0n) is 15.5. The van der Waals surface area contributed by atoms with E-state index in [1.54, 1.807) is 12.1 Å². The highest BCUT2D eigenvalue weighted by Crippen LogP contribution is 2.11. The van der Waals surface area contributed by atoms with Crippen LogP contribution in [-0.2, 0) is 4.79 Å². The number of carbonyl (C=O) groups excluding carboxylic acids is 1. The molecule has 26 heavy (non-hydrogen) atoms. The Labute approximate surface area is 154 Å². The number of hydrogen-bond donors (Lipinski definition) is 2. The van der Waals surface area contributed by atoms with Gasteiger partial charge in [-0.3, -0.25) is 4.79 Å². The molecule has 0 spiro atoms. The summed E-state index contributed by atoms with van der Waals surface area (Å²) in [7, 11) is 0. The van der Waals surface area contributed by atoms with Gasteiger partial charge in [-0.05, 0) is 56.9 Å². The molecule has 0 aromatic heterocycles. The van der Waals surface area contributed by atoms with Gasteiger partial charge in [-0.25, -0.2) is 9.38 Å². The molecule has 1 fully saturated rings. The molecule has 1 aliphatic rings. The number of rotatable bonds is 9. The number of hydrogen-bond acceptors (Lipinski definition) is 3. The van der Waals surface area contributed by atoms with Crippen molar-refractivity contribution < 1.29 is 13.9 Å². The normalized spacial score (nSPS) is 14.4. The van der Waals surface area contributed by atoms with E-state index in [0.29, 0.717) is 18.3 Å². The van der Waals surface area contributed by atoms with E-state index < -0.39 is 0 Å². The van der Waals surface area contributed by atoms with Gasteiger partial charge in [0.2, 0.25) is 5.91 Å². The molecule has 1 heterocycles. The lowest BCUT2D eigenvalue weighted by molar-refractivity contribution is -0.128. The van der Waals surface area contributed by atoms with E-state index in [4.69, 9.17) is 4.74 Å². The van der Waals surface area contributed by atoms with Crippen LogP contribution in [0.4, 0.5) is 4.39 Å². The number of ether oxygens (including phenoxy) is 1. The molecule has 0 bridgehead atoms. The molecule has 2 N–H and O–H groups in total. The minimum absolute atomic E-state index is 0.0902. The van der Waals surface area contributed by atoms with Gasteiger partial charge in [0.05, 0.1) is 6.61 Å². The average molecular weight is 364 g/mol. The fourth-order valence-corrected chi connectivity index (χ4v) is 2.71. The van der Waals surface area contributed by atoms with Gasteiger partial charge >= 0.3 is 0 Å². The summed E-state index contributed by atoms with van der Waals surface area (Å²) in [4.78, 5) is 18.3. The number of nitrogens with one attached hydrogen (secondary N) is 2. The maximum absolute atomic E-state index is 12.8. The highest BCUT2D eigenvalue weighted by atomic mass is 19.1. The van der Waals surface area contributed by atoms with Gasteiger partial charge in [0, 0.05) is 26.2 Å². The summed E-state index contributed by atoms with van der Waals surface area (Å²) < 4.78 is 18.4. The van der Waals surface area contributed by atoms with Crippen molar-refractivity contribution in [1.29, 1.82) is 0 Å². The number of nitrogens with zero attached hydrogens (tertiary/aromatic N) is 2. The van der Waals surface area contributed by atoms with Crippen LogP contribution >= 0.6 is 0 Å². The van der Waals surface area contributed by atoms with E-state index in [1.165, 1.54) is 12.1 Å². The van der Waals surface area contributed by atoms with Gasteiger partial charge in [-0.15, -0.1) is 0 Å². The number of aliphatic imine (C=N–C) groups is 1. The number of halogens is 1. The van der Waals surface area contributed by atoms with Crippen LogP contribution in [0.2, 0.25) is 0 Å². The minimum atomic E-state index is -0.264. The van der Waals surface area contributed by atoms with Gasteiger partial charge in [0.1, 0.15) is 18.1 Å². The van der Waals surface area contributed by atoms with Crippen LogP contribution in [0.25, 0.3) is 0 Å². The van der Waals surface area contributed by atoms with Crippen LogP contribution in [-0.4, -0.2) is 56.1 Å². The van der Waals surface area contributed by atoms with Gasteiger partial charge in [-0.1, -0.05) is 0 Å². The molecule has 1 aromatic carbocycles. The molecule has 2 rings (SSSR count). The van der Waals surface area contributed by atoms with Crippen LogP contribution < -0.4 is 15.4 Å². The van der Waals surface area contributed by atoms with E-state index in [1.807, 2.05) is 11.8 Å². The first kappa shape index (κ1) is 20.0. The molecule has 144 valence electrons. The van der Waals surface area contributed by atoms with E-state index in [9.17, 15) is 9.18 Å². The first-order valence-corrected chi connectivity index (χ1v) is 9.37. The second-order valence-corrected chi connectivity index (χ2v) is 6.22. The Morgan fingerprint density at radius 1 is 1.19 bits per heavy atom. The fourth-order valence-electron chi connectivity index (χ4n) is 2.71. The van der Waals surface area contributed by atoms with Gasteiger partial charge < -0.3 is 20.3 Å². The lowest BCUT2D eigenvalue weighted by atomic mass is 10.3. The van der Waals surface area contributed by atoms with Crippen LogP contribution in [0.3, 0.4) is 0 Å². The second kappa shape index (κ2) is 11.3. The number of carbonyl (C=O) groups is 1. The first-order valence-electron chi connectivity index (χ1n) is 9.37. The molecule has 7 heteroatoms. The van der Waals surface area contributed by atoms with Crippen LogP contribution in [0.15, 0.2) is 29.3 Å². The van der Waals surface area contributed by atoms with Crippen molar-refractivity contribution in [2.45, 2.75) is 32.6 Å². The van der Waals surface area contributed by atoms with Crippen molar-refractivity contribution in [2.75, 3.05) is 39.3 Å². The maximum Gasteiger partial charge on any atom is 0.244 e. The van der Waals surface area contributed by atoms with Crippen LogP contribution in [0, 0.1) is 5.82 Å². The molecule has 0 atom stereocenters. The van der Waals surface area contributed by atoms with E-state index in [2.05, 4.69) is 15.6 Å². The van der Waals surface area contributed by atoms with Crippen molar-refractivity contribution >= 4 is 11.9 Å². The lowest BCUT2D eigenvalue weighted by Gasteiger charge is -2.15. The summed E-state index contributed by atoms with van der Waals surface area (Å²) in [5.41, 5.74) is 0. The number of unbranched alkanes of at least 4 members (excludes halogenated alkanes) is 1. The Morgan fingerprint density at radius 2 is 1.92 bits per heavy atom. The molecule has 1 saturated heterocycles. The average Bonchev–Trinajstić information content (AvgIpc) is 3.18. The number of benzene rings is 1. The highest BCUT2D eigenvalue weighted by molar-refractivity contribution is 5.85. The molecule has 1 aliphatic heterocycles. The van der Waals surface area contributed by atoms with E-state index >= 15 is 0 Å². The van der Waals surface area contributed by atoms with Crippen molar-refractivity contribution in [3.63, 3.8) is 0 Å². The zero-order valence-corrected chi connectivity index (χ0v) is 15.5. The Hall–Kier alpha value is -2.31. The Kier molecular flexibility index (Phi) is 8.72. The standard InChI is InChI=1S/C19H29FN4O2/c1-2-21-19(23-15-18(25)24-12-4-5-13-24)22-11-3-6-14-26-17-9-7-16(20)8-10-17/h7-10H,2-6,11-15H2,1H3,(H2,21,22,23). The third-order valence-corrected chi connectivity index (χ3v) is 4.12. The molecule has 0 aliphatic carbocycles. The van der Waals surface area contributed by atoms with Crippen LogP contribution in [0.1, 0.15) is 32.6 Å². The van der Waals surface area contributed by atoms with E-state index in [0.717, 1.165) is 51.9 Å². The third-order valence-electron chi connectivity index (χ3n) is 4.12. The van der Waals surface area contributed by atoms with Gasteiger partial charge in [0.15, 0.2) is 5.96 Å². The quantitative estimate of drug-likeness (QED) is 0.400. The molecular formula is C19H29FN4O2. The van der Waals surface area contributed by atoms with Gasteiger partial charge in [0.25, 0.3) is 0 Å². The molecule has 0 unspecified atom stereocenters. The second-order valence-electron chi connectivity index (χ2n) is 6.22. The molecule has 1 amide bonds. The lowest BCUT2D eigenvalue weighted by Crippen LogP contribution is -2.39. The maximum atomic E-state index is 12.8. The first-order chi connectivity index (χ1) is 12.7. The third kappa shape index (κ3) is 7.29. The Bertz CT molecular complexity index is 571. The topological polar surface area (TPSA) is 66.0 Å². The predicted octanol–water partition coefficient (Wildman–Crippen LogP) is 2.16. The fraction of sp³-hybridized carbons (Fsp3) is 0.579. The molecule has 0 radical (unpaired) electrons. The summed E-state index contributed by atoms with van der Waals surface area (Å²) in [6.07, 6.45) is 3.96. The SMILES string of the molecule is CCNC(=NCC(=O)N1CCCC1)NCCCCOc1ccc(F)cc1. The molecule has 6 nitrogen and oxygen atoms in total. The monoisotopic (exact) mass is 364 g/mol. The summed E-state index contributed by atoms with van der Waals surface area (Å²) >= 11 is 0. The Morgan fingerprint density at radius 3 is 2.62 bits per heavy atom. The van der Waals surface area contributed by atoms with Crippen molar-refractivity contribution in [3.8, 4) is 5.75 Å². The van der Waals surface area contributed by atoms with Gasteiger partial charge in [-0.2, -0.15) is 0 Å². The molecule has 1 aromatic rings. The summed E-state index contributed by atoms with van der Waals surface area (Å²) in [6, 6.07) is 6.03. The Balaban J connectivity index is 1.61. The zero-order chi connectivity index (χ0) is 18.6. The smallest absolute Gasteiger partial charge is 0.244 e. The highest BCUT2D eigenvalue weighted by Gasteiger charge is 2.17. The summed E-state index contributed by atoms with van der Waals surface area (Å²) in [5.74, 6) is 1.17. The van der Waals surface area contributed by atoms with Crippen LogP contribution in [0.5, 0.6) is 5.75 Å². The minimum Gasteiger partial charge on any atom is -0.494 e. The van der Waals surface area contributed by atoms with Crippen molar-refractivity contribution in [2.24, 2.45) is 4.99 Å². The summed E-state index contributed by atoms with van der Waals surface area (Å²) in [6.45, 7) is 5.96. The molecular weight excluding hydrogens is 335 g/mol.